The van der Waals surface area contributed by atoms with E-state index in [1.165, 1.54) is 0 Å². The highest BCUT2D eigenvalue weighted by atomic mass is 79.9. The summed E-state index contributed by atoms with van der Waals surface area (Å²) in [5.41, 5.74) is 1.37. The molecule has 1 N–H and O–H groups in total. The number of fused-ring (bicyclic) bond motifs is 1. The molecule has 0 saturated heterocycles. The summed E-state index contributed by atoms with van der Waals surface area (Å²) in [5.74, 6) is -0.896. The van der Waals surface area contributed by atoms with Gasteiger partial charge >= 0.3 is 5.97 Å². The van der Waals surface area contributed by atoms with Crippen LogP contribution in [0.2, 0.25) is 0 Å². The van der Waals surface area contributed by atoms with E-state index in [9.17, 15) is 4.79 Å². The molecule has 2 rings (SSSR count). The van der Waals surface area contributed by atoms with Gasteiger partial charge in [-0.15, -0.1) is 0 Å². The molecule has 2 aromatic rings. The van der Waals surface area contributed by atoms with E-state index >= 15 is 0 Å². The van der Waals surface area contributed by atoms with Gasteiger partial charge in [-0.2, -0.15) is 0 Å². The fourth-order valence-electron chi connectivity index (χ4n) is 1.62. The smallest absolute Gasteiger partial charge is 0.336 e. The second-order valence-electron chi connectivity index (χ2n) is 3.41. The summed E-state index contributed by atoms with van der Waals surface area (Å²) in [6.45, 7) is 1.95. The van der Waals surface area contributed by atoms with Crippen LogP contribution in [0.3, 0.4) is 0 Å². The van der Waals surface area contributed by atoms with Crippen molar-refractivity contribution in [1.29, 1.82) is 0 Å². The fraction of sp³-hybridized carbons (Fsp3) is 0.0833. The molecule has 0 aliphatic rings. The van der Waals surface area contributed by atoms with Gasteiger partial charge in [0.05, 0.1) is 5.56 Å². The second-order valence-corrected chi connectivity index (χ2v) is 4.20. The lowest BCUT2D eigenvalue weighted by atomic mass is 10.0. The van der Waals surface area contributed by atoms with E-state index in [4.69, 9.17) is 5.11 Å². The Kier molecular flexibility index (Phi) is 2.49. The van der Waals surface area contributed by atoms with Gasteiger partial charge < -0.3 is 5.11 Å². The lowest BCUT2D eigenvalue weighted by molar-refractivity contribution is 0.0699. The lowest BCUT2D eigenvalue weighted by Gasteiger charge is -2.07. The Morgan fingerprint density at radius 2 is 2.00 bits per heavy atom. The molecule has 0 radical (unpaired) electrons. The molecule has 0 fully saturated rings. The van der Waals surface area contributed by atoms with Crippen LogP contribution < -0.4 is 0 Å². The molecule has 0 unspecified atom stereocenters. The van der Waals surface area contributed by atoms with Crippen LogP contribution in [-0.4, -0.2) is 11.1 Å². The fourth-order valence-corrected chi connectivity index (χ4v) is 2.19. The number of hydrogen-bond acceptors (Lipinski definition) is 1. The second kappa shape index (κ2) is 3.66. The third-order valence-corrected chi connectivity index (χ3v) is 3.43. The van der Waals surface area contributed by atoms with Gasteiger partial charge in [-0.1, -0.05) is 24.3 Å². The molecule has 0 atom stereocenters. The summed E-state index contributed by atoms with van der Waals surface area (Å²) in [6.07, 6.45) is 0. The van der Waals surface area contributed by atoms with Crippen LogP contribution >= 0.6 is 15.9 Å². The van der Waals surface area contributed by atoms with Crippen molar-refractivity contribution in [3.05, 3.63) is 45.9 Å². The monoisotopic (exact) mass is 264 g/mol. The molecule has 0 aliphatic heterocycles. The number of rotatable bonds is 1. The summed E-state index contributed by atoms with van der Waals surface area (Å²) in [4.78, 5) is 11.1. The Morgan fingerprint density at radius 3 is 2.67 bits per heavy atom. The van der Waals surface area contributed by atoms with Crippen LogP contribution in [0, 0.1) is 6.92 Å². The largest absolute Gasteiger partial charge is 0.478 e. The van der Waals surface area contributed by atoms with E-state index in [1.807, 2.05) is 25.1 Å². The molecule has 2 aromatic carbocycles. The molecule has 0 aliphatic carbocycles. The minimum absolute atomic E-state index is 0.336. The Morgan fingerprint density at radius 1 is 1.27 bits per heavy atom. The highest BCUT2D eigenvalue weighted by Gasteiger charge is 2.11. The number of aromatic carboxylic acids is 1. The van der Waals surface area contributed by atoms with Crippen molar-refractivity contribution < 1.29 is 9.90 Å². The average Bonchev–Trinajstić information content (AvgIpc) is 2.23. The van der Waals surface area contributed by atoms with Gasteiger partial charge in [-0.25, -0.2) is 4.79 Å². The van der Waals surface area contributed by atoms with Crippen LogP contribution in [0.5, 0.6) is 0 Å². The highest BCUT2D eigenvalue weighted by Crippen LogP contribution is 2.30. The van der Waals surface area contributed by atoms with Gasteiger partial charge in [0.1, 0.15) is 0 Å². The topological polar surface area (TPSA) is 37.3 Å². The standard InChI is InChI=1S/C12H9BrO2/c1-7-5-6-8-3-2-4-9(12(14)15)10(8)11(7)13/h2-6H,1H3,(H,14,15). The molecule has 0 saturated carbocycles. The van der Waals surface area contributed by atoms with Crippen LogP contribution in [0.1, 0.15) is 15.9 Å². The number of carbonyl (C=O) groups is 1. The lowest BCUT2D eigenvalue weighted by Crippen LogP contribution is -1.98. The minimum Gasteiger partial charge on any atom is -0.478 e. The molecule has 0 heterocycles. The molecule has 76 valence electrons. The normalized spacial score (nSPS) is 10.5. The van der Waals surface area contributed by atoms with E-state index < -0.39 is 5.97 Å². The third kappa shape index (κ3) is 1.63. The van der Waals surface area contributed by atoms with Crippen molar-refractivity contribution in [2.24, 2.45) is 0 Å². The maximum atomic E-state index is 11.1. The maximum absolute atomic E-state index is 11.1. The van der Waals surface area contributed by atoms with E-state index in [0.29, 0.717) is 5.56 Å². The Balaban J connectivity index is 2.94. The number of benzene rings is 2. The molecule has 15 heavy (non-hydrogen) atoms. The summed E-state index contributed by atoms with van der Waals surface area (Å²) in [5, 5.41) is 10.8. The van der Waals surface area contributed by atoms with E-state index in [2.05, 4.69) is 15.9 Å². The molecule has 0 aromatic heterocycles. The van der Waals surface area contributed by atoms with E-state index in [0.717, 1.165) is 20.8 Å². The predicted octanol–water partition coefficient (Wildman–Crippen LogP) is 3.61. The van der Waals surface area contributed by atoms with Crippen LogP contribution in [0.15, 0.2) is 34.8 Å². The van der Waals surface area contributed by atoms with E-state index in [-0.39, 0.29) is 0 Å². The van der Waals surface area contributed by atoms with Crippen molar-refractivity contribution in [3.8, 4) is 0 Å². The Labute approximate surface area is 95.7 Å². The predicted molar refractivity (Wildman–Crippen MR) is 63.3 cm³/mol. The Hall–Kier alpha value is -1.35. The van der Waals surface area contributed by atoms with Crippen molar-refractivity contribution in [3.63, 3.8) is 0 Å². The van der Waals surface area contributed by atoms with Gasteiger partial charge in [-0.05, 0) is 39.9 Å². The molecule has 0 bridgehead atoms. The maximum Gasteiger partial charge on any atom is 0.336 e. The van der Waals surface area contributed by atoms with Crippen molar-refractivity contribution in [2.75, 3.05) is 0 Å². The van der Waals surface area contributed by atoms with Crippen LogP contribution in [-0.2, 0) is 0 Å². The van der Waals surface area contributed by atoms with Gasteiger partial charge in [0.25, 0.3) is 0 Å². The van der Waals surface area contributed by atoms with Gasteiger partial charge in [0.2, 0.25) is 0 Å². The molecular weight excluding hydrogens is 256 g/mol. The van der Waals surface area contributed by atoms with Crippen molar-refractivity contribution >= 4 is 32.7 Å². The first kappa shape index (κ1) is 10.2. The molecule has 3 heteroatoms. The van der Waals surface area contributed by atoms with Gasteiger partial charge in [-0.3, -0.25) is 0 Å². The van der Waals surface area contributed by atoms with Crippen molar-refractivity contribution in [1.82, 2.24) is 0 Å². The average molecular weight is 265 g/mol. The first-order valence-electron chi connectivity index (χ1n) is 4.52. The van der Waals surface area contributed by atoms with Crippen LogP contribution in [0.25, 0.3) is 10.8 Å². The number of carboxylic acids is 1. The number of hydrogen-bond donors (Lipinski definition) is 1. The molecular formula is C12H9BrO2. The first-order valence-corrected chi connectivity index (χ1v) is 5.31. The van der Waals surface area contributed by atoms with Gasteiger partial charge in [0.15, 0.2) is 0 Å². The van der Waals surface area contributed by atoms with Crippen LogP contribution in [0.4, 0.5) is 0 Å². The Bertz CT molecular complexity index is 547. The SMILES string of the molecule is Cc1ccc2cccc(C(=O)O)c2c1Br. The summed E-state index contributed by atoms with van der Waals surface area (Å²) in [7, 11) is 0. The summed E-state index contributed by atoms with van der Waals surface area (Å²) in [6, 6.07) is 9.19. The summed E-state index contributed by atoms with van der Waals surface area (Å²) >= 11 is 3.44. The third-order valence-electron chi connectivity index (χ3n) is 2.41. The molecule has 0 spiro atoms. The highest BCUT2D eigenvalue weighted by molar-refractivity contribution is 9.10. The van der Waals surface area contributed by atoms with E-state index in [1.54, 1.807) is 12.1 Å². The molecule has 2 nitrogen and oxygen atoms in total. The summed E-state index contributed by atoms with van der Waals surface area (Å²) < 4.78 is 0.859. The molecule has 0 amide bonds. The zero-order valence-electron chi connectivity index (χ0n) is 8.12. The zero-order chi connectivity index (χ0) is 11.0. The quantitative estimate of drug-likeness (QED) is 0.855. The van der Waals surface area contributed by atoms with Gasteiger partial charge in [0, 0.05) is 9.86 Å². The number of halogens is 1. The minimum atomic E-state index is -0.896. The first-order chi connectivity index (χ1) is 7.11. The number of carboxylic acid groups (broad SMARTS) is 1. The van der Waals surface area contributed by atoms with Crippen molar-refractivity contribution in [2.45, 2.75) is 6.92 Å². The zero-order valence-corrected chi connectivity index (χ0v) is 9.71. The number of aryl methyl sites for hydroxylation is 1.